The fourth-order valence-corrected chi connectivity index (χ4v) is 3.75. The Labute approximate surface area is 170 Å². The Morgan fingerprint density at radius 1 is 1.14 bits per heavy atom. The quantitative estimate of drug-likeness (QED) is 0.687. The van der Waals surface area contributed by atoms with Gasteiger partial charge in [-0.15, -0.1) is 5.10 Å². The number of carbonyl (C=O) groups excluding carboxylic acids is 1. The smallest absolute Gasteiger partial charge is 0.274 e. The molecule has 1 N–H and O–H groups in total. The Bertz CT molecular complexity index is 1010. The number of carbonyl (C=O) groups is 1. The molecule has 0 radical (unpaired) electrons. The van der Waals surface area contributed by atoms with Crippen molar-refractivity contribution in [3.63, 3.8) is 0 Å². The summed E-state index contributed by atoms with van der Waals surface area (Å²) >= 11 is 0. The predicted molar refractivity (Wildman–Crippen MR) is 111 cm³/mol. The molecule has 3 aromatic rings. The third kappa shape index (κ3) is 4.31. The third-order valence-electron chi connectivity index (χ3n) is 5.36. The summed E-state index contributed by atoms with van der Waals surface area (Å²) in [7, 11) is 0. The molecule has 1 fully saturated rings. The summed E-state index contributed by atoms with van der Waals surface area (Å²) in [5.41, 5.74) is 4.03. The van der Waals surface area contributed by atoms with Gasteiger partial charge in [0.25, 0.3) is 5.91 Å². The van der Waals surface area contributed by atoms with Crippen LogP contribution in [0.2, 0.25) is 0 Å². The van der Waals surface area contributed by atoms with Crippen molar-refractivity contribution in [1.29, 1.82) is 0 Å². The van der Waals surface area contributed by atoms with E-state index in [1.807, 2.05) is 62.4 Å². The maximum absolute atomic E-state index is 12.7. The van der Waals surface area contributed by atoms with Crippen LogP contribution in [0.4, 0.5) is 0 Å². The van der Waals surface area contributed by atoms with Crippen molar-refractivity contribution >= 4 is 5.91 Å². The molecule has 1 aliphatic rings. The van der Waals surface area contributed by atoms with Gasteiger partial charge in [0.2, 0.25) is 0 Å². The van der Waals surface area contributed by atoms with Crippen LogP contribution in [0.25, 0.3) is 5.69 Å². The maximum Gasteiger partial charge on any atom is 0.274 e. The Kier molecular flexibility index (Phi) is 5.60. The van der Waals surface area contributed by atoms with Gasteiger partial charge in [0.15, 0.2) is 5.69 Å². The van der Waals surface area contributed by atoms with Crippen LogP contribution in [-0.4, -0.2) is 27.0 Å². The van der Waals surface area contributed by atoms with Crippen LogP contribution in [-0.2, 0) is 6.54 Å². The minimum absolute atomic E-state index is 0.239. The number of aromatic nitrogens is 3. The molecule has 6 heteroatoms. The zero-order chi connectivity index (χ0) is 20.2. The number of ether oxygens (including phenoxy) is 1. The van der Waals surface area contributed by atoms with E-state index < -0.39 is 0 Å². The lowest BCUT2D eigenvalue weighted by Gasteiger charge is -2.16. The minimum Gasteiger partial charge on any atom is -0.490 e. The van der Waals surface area contributed by atoms with Crippen molar-refractivity contribution in [3.8, 4) is 11.4 Å². The van der Waals surface area contributed by atoms with E-state index in [2.05, 4.69) is 15.6 Å². The fourth-order valence-electron chi connectivity index (χ4n) is 3.75. The van der Waals surface area contributed by atoms with Crippen LogP contribution in [0.1, 0.15) is 53.0 Å². The van der Waals surface area contributed by atoms with Crippen molar-refractivity contribution in [1.82, 2.24) is 20.3 Å². The van der Waals surface area contributed by atoms with Crippen molar-refractivity contribution < 1.29 is 9.53 Å². The zero-order valence-corrected chi connectivity index (χ0v) is 16.9. The Morgan fingerprint density at radius 2 is 1.93 bits per heavy atom. The van der Waals surface area contributed by atoms with Crippen LogP contribution < -0.4 is 10.1 Å². The molecule has 0 saturated heterocycles. The molecule has 0 bridgehead atoms. The largest absolute Gasteiger partial charge is 0.490 e. The average molecular weight is 390 g/mol. The third-order valence-corrected chi connectivity index (χ3v) is 5.36. The second-order valence-corrected chi connectivity index (χ2v) is 7.59. The summed E-state index contributed by atoms with van der Waals surface area (Å²) in [5.74, 6) is 0.608. The second kappa shape index (κ2) is 8.47. The molecule has 0 aliphatic heterocycles. The summed E-state index contributed by atoms with van der Waals surface area (Å²) in [5, 5.41) is 11.2. The lowest BCUT2D eigenvalue weighted by molar-refractivity contribution is 0.0944. The van der Waals surface area contributed by atoms with Crippen LogP contribution in [0, 0.1) is 13.8 Å². The predicted octanol–water partition coefficient (Wildman–Crippen LogP) is 4.14. The van der Waals surface area contributed by atoms with Crippen LogP contribution in [0.15, 0.2) is 48.5 Å². The number of hydrogen-bond acceptors (Lipinski definition) is 4. The summed E-state index contributed by atoms with van der Waals surface area (Å²) in [6, 6.07) is 15.8. The molecule has 1 aromatic heterocycles. The normalized spacial score (nSPS) is 14.1. The number of nitrogens with one attached hydrogen (secondary N) is 1. The topological polar surface area (TPSA) is 69.0 Å². The van der Waals surface area contributed by atoms with E-state index in [0.29, 0.717) is 17.9 Å². The van der Waals surface area contributed by atoms with Gasteiger partial charge in [-0.2, -0.15) is 0 Å². The van der Waals surface area contributed by atoms with Crippen LogP contribution >= 0.6 is 0 Å². The highest BCUT2D eigenvalue weighted by molar-refractivity contribution is 5.93. The van der Waals surface area contributed by atoms with Gasteiger partial charge in [-0.3, -0.25) is 4.79 Å². The average Bonchev–Trinajstić information content (AvgIpc) is 3.37. The molecular weight excluding hydrogens is 364 g/mol. The molecule has 0 unspecified atom stereocenters. The van der Waals surface area contributed by atoms with Gasteiger partial charge in [-0.1, -0.05) is 35.5 Å². The van der Waals surface area contributed by atoms with Crippen molar-refractivity contribution in [3.05, 3.63) is 71.0 Å². The first-order valence-electron chi connectivity index (χ1n) is 10.1. The van der Waals surface area contributed by atoms with E-state index in [-0.39, 0.29) is 12.0 Å². The van der Waals surface area contributed by atoms with Gasteiger partial charge in [-0.25, -0.2) is 4.68 Å². The number of rotatable bonds is 6. The Balaban J connectivity index is 1.46. The van der Waals surface area contributed by atoms with Crippen molar-refractivity contribution in [2.24, 2.45) is 0 Å². The minimum atomic E-state index is -0.239. The SMILES string of the molecule is Cc1cccc(-n2nnc(C(=O)NCc3ccccc3OC3CCCC3)c2C)c1. The molecule has 1 heterocycles. The molecule has 1 amide bonds. The number of aryl methyl sites for hydroxylation is 1. The fraction of sp³-hybridized carbons (Fsp3) is 0.348. The van der Waals surface area contributed by atoms with Crippen LogP contribution in [0.5, 0.6) is 5.75 Å². The highest BCUT2D eigenvalue weighted by Crippen LogP contribution is 2.26. The lowest BCUT2D eigenvalue weighted by Crippen LogP contribution is -2.25. The lowest BCUT2D eigenvalue weighted by atomic mass is 10.2. The number of nitrogens with zero attached hydrogens (tertiary/aromatic N) is 3. The highest BCUT2D eigenvalue weighted by atomic mass is 16.5. The highest BCUT2D eigenvalue weighted by Gasteiger charge is 2.20. The molecule has 4 rings (SSSR count). The molecular formula is C23H26N4O2. The van der Waals surface area contributed by atoms with Gasteiger partial charge in [0, 0.05) is 12.1 Å². The van der Waals surface area contributed by atoms with E-state index >= 15 is 0 Å². The summed E-state index contributed by atoms with van der Waals surface area (Å²) in [4.78, 5) is 12.7. The van der Waals surface area contributed by atoms with Gasteiger partial charge in [0.05, 0.1) is 17.5 Å². The molecule has 0 spiro atoms. The summed E-state index contributed by atoms with van der Waals surface area (Å²) in [6.45, 7) is 4.27. The van der Waals surface area contributed by atoms with Gasteiger partial charge in [0.1, 0.15) is 5.75 Å². The summed E-state index contributed by atoms with van der Waals surface area (Å²) < 4.78 is 7.85. The van der Waals surface area contributed by atoms with E-state index in [4.69, 9.17) is 4.74 Å². The monoisotopic (exact) mass is 390 g/mol. The zero-order valence-electron chi connectivity index (χ0n) is 16.9. The van der Waals surface area contributed by atoms with Gasteiger partial charge in [-0.05, 0) is 63.3 Å². The molecule has 1 aliphatic carbocycles. The number of hydrogen-bond donors (Lipinski definition) is 1. The summed E-state index contributed by atoms with van der Waals surface area (Å²) in [6.07, 6.45) is 4.92. The van der Waals surface area contributed by atoms with E-state index in [1.165, 1.54) is 12.8 Å². The van der Waals surface area contributed by atoms with E-state index in [9.17, 15) is 4.79 Å². The van der Waals surface area contributed by atoms with Crippen LogP contribution in [0.3, 0.4) is 0 Å². The van der Waals surface area contributed by atoms with Gasteiger partial charge >= 0.3 is 0 Å². The van der Waals surface area contributed by atoms with Gasteiger partial charge < -0.3 is 10.1 Å². The standard InChI is InChI=1S/C23H26N4O2/c1-16-8-7-10-19(14-16)27-17(2)22(25-26-27)23(28)24-15-18-9-3-6-13-21(18)29-20-11-4-5-12-20/h3,6-10,13-14,20H,4-5,11-12,15H2,1-2H3,(H,24,28). The van der Waals surface area contributed by atoms with Crippen molar-refractivity contribution in [2.75, 3.05) is 0 Å². The molecule has 1 saturated carbocycles. The Morgan fingerprint density at radius 3 is 2.72 bits per heavy atom. The maximum atomic E-state index is 12.7. The number of benzene rings is 2. The van der Waals surface area contributed by atoms with E-state index in [0.717, 1.165) is 35.4 Å². The molecule has 0 atom stereocenters. The van der Waals surface area contributed by atoms with Crippen molar-refractivity contribution in [2.45, 2.75) is 52.2 Å². The molecule has 29 heavy (non-hydrogen) atoms. The molecule has 2 aromatic carbocycles. The second-order valence-electron chi connectivity index (χ2n) is 7.59. The molecule has 150 valence electrons. The first-order chi connectivity index (χ1) is 14.1. The number of para-hydroxylation sites is 1. The number of amides is 1. The Hall–Kier alpha value is -3.15. The first-order valence-corrected chi connectivity index (χ1v) is 10.1. The first kappa shape index (κ1) is 19.2. The molecule has 6 nitrogen and oxygen atoms in total. The van der Waals surface area contributed by atoms with E-state index in [1.54, 1.807) is 4.68 Å².